The van der Waals surface area contributed by atoms with Crippen molar-refractivity contribution in [3.63, 3.8) is 0 Å². The Balaban J connectivity index is 1.94. The van der Waals surface area contributed by atoms with Crippen molar-refractivity contribution in [1.82, 2.24) is 0 Å². The van der Waals surface area contributed by atoms with Crippen LogP contribution in [0.15, 0.2) is 48.5 Å². The molecule has 2 aromatic rings. The van der Waals surface area contributed by atoms with Crippen molar-refractivity contribution in [2.45, 2.75) is 50.9 Å². The third-order valence-electron chi connectivity index (χ3n) is 5.70. The SMILES string of the molecule is CC(C)C1(c2ccc(O)cc2)CCCC(c2ccc(O)cc2)C1. The molecule has 1 saturated carbocycles. The van der Waals surface area contributed by atoms with Gasteiger partial charge in [-0.15, -0.1) is 0 Å². The fourth-order valence-electron chi connectivity index (χ4n) is 4.25. The summed E-state index contributed by atoms with van der Waals surface area (Å²) in [4.78, 5) is 0. The molecule has 0 aromatic heterocycles. The van der Waals surface area contributed by atoms with Crippen molar-refractivity contribution in [2.75, 3.05) is 0 Å². The lowest BCUT2D eigenvalue weighted by atomic mass is 9.59. The predicted molar refractivity (Wildman–Crippen MR) is 93.9 cm³/mol. The maximum absolute atomic E-state index is 9.61. The summed E-state index contributed by atoms with van der Waals surface area (Å²) in [6.07, 6.45) is 4.74. The molecule has 0 aliphatic heterocycles. The smallest absolute Gasteiger partial charge is 0.115 e. The number of phenolic OH excluding ortho intramolecular Hbond substituents is 2. The Kier molecular flexibility index (Phi) is 4.34. The van der Waals surface area contributed by atoms with E-state index in [2.05, 4.69) is 38.1 Å². The summed E-state index contributed by atoms with van der Waals surface area (Å²) in [7, 11) is 0. The van der Waals surface area contributed by atoms with E-state index in [0.29, 0.717) is 23.3 Å². The molecule has 2 N–H and O–H groups in total. The van der Waals surface area contributed by atoms with Gasteiger partial charge in [0.1, 0.15) is 11.5 Å². The summed E-state index contributed by atoms with van der Waals surface area (Å²) in [6.45, 7) is 4.62. The minimum absolute atomic E-state index is 0.161. The molecular weight excluding hydrogens is 284 g/mol. The molecular formula is C21H26O2. The highest BCUT2D eigenvalue weighted by molar-refractivity contribution is 5.35. The molecule has 0 heterocycles. The predicted octanol–water partition coefficient (Wildman–Crippen LogP) is 5.35. The van der Waals surface area contributed by atoms with E-state index in [1.54, 1.807) is 12.1 Å². The van der Waals surface area contributed by atoms with Gasteiger partial charge in [0.15, 0.2) is 0 Å². The fourth-order valence-corrected chi connectivity index (χ4v) is 4.25. The molecule has 1 fully saturated rings. The van der Waals surface area contributed by atoms with Gasteiger partial charge in [-0.3, -0.25) is 0 Å². The molecule has 0 spiro atoms. The largest absolute Gasteiger partial charge is 0.508 e. The molecule has 2 nitrogen and oxygen atoms in total. The standard InChI is InChI=1S/C21H26O2/c1-15(2)21(18-7-11-20(23)12-8-18)13-3-4-17(14-21)16-5-9-19(22)10-6-16/h5-12,15,17,22-23H,3-4,13-14H2,1-2H3. The summed E-state index contributed by atoms with van der Waals surface area (Å²) < 4.78 is 0. The van der Waals surface area contributed by atoms with E-state index in [9.17, 15) is 10.2 Å². The topological polar surface area (TPSA) is 40.5 Å². The molecule has 0 radical (unpaired) electrons. The second-order valence-corrected chi connectivity index (χ2v) is 7.24. The average Bonchev–Trinajstić information content (AvgIpc) is 2.56. The molecule has 2 heteroatoms. The summed E-state index contributed by atoms with van der Waals surface area (Å²) in [5.74, 6) is 1.74. The Morgan fingerprint density at radius 3 is 2.04 bits per heavy atom. The maximum atomic E-state index is 9.61. The number of benzene rings is 2. The minimum atomic E-state index is 0.161. The highest BCUT2D eigenvalue weighted by Crippen LogP contribution is 2.50. The quantitative estimate of drug-likeness (QED) is 0.802. The molecule has 2 aromatic carbocycles. The van der Waals surface area contributed by atoms with Crippen molar-refractivity contribution in [3.8, 4) is 11.5 Å². The Hall–Kier alpha value is -1.96. The number of aromatic hydroxyl groups is 2. The van der Waals surface area contributed by atoms with E-state index >= 15 is 0 Å². The van der Waals surface area contributed by atoms with Crippen LogP contribution in [0.2, 0.25) is 0 Å². The number of rotatable bonds is 3. The lowest BCUT2D eigenvalue weighted by molar-refractivity contribution is 0.196. The summed E-state index contributed by atoms with van der Waals surface area (Å²) in [6, 6.07) is 15.5. The average molecular weight is 310 g/mol. The number of phenols is 2. The van der Waals surface area contributed by atoms with E-state index in [-0.39, 0.29) is 5.41 Å². The van der Waals surface area contributed by atoms with Crippen LogP contribution in [0, 0.1) is 5.92 Å². The first kappa shape index (κ1) is 15.9. The van der Waals surface area contributed by atoms with Gasteiger partial charge in [-0.2, -0.15) is 0 Å². The van der Waals surface area contributed by atoms with Crippen molar-refractivity contribution in [1.29, 1.82) is 0 Å². The lowest BCUT2D eigenvalue weighted by Gasteiger charge is -2.45. The normalized spacial score (nSPS) is 24.7. The van der Waals surface area contributed by atoms with Crippen LogP contribution in [-0.4, -0.2) is 10.2 Å². The van der Waals surface area contributed by atoms with E-state index in [1.165, 1.54) is 30.4 Å². The summed E-state index contributed by atoms with van der Waals surface area (Å²) in [5, 5.41) is 19.1. The van der Waals surface area contributed by atoms with Crippen molar-refractivity contribution in [2.24, 2.45) is 5.92 Å². The summed E-state index contributed by atoms with van der Waals surface area (Å²) >= 11 is 0. The first-order chi connectivity index (χ1) is 11.0. The van der Waals surface area contributed by atoms with Gasteiger partial charge < -0.3 is 10.2 Å². The van der Waals surface area contributed by atoms with Gasteiger partial charge >= 0.3 is 0 Å². The van der Waals surface area contributed by atoms with E-state index in [1.807, 2.05) is 12.1 Å². The molecule has 1 aliphatic rings. The van der Waals surface area contributed by atoms with Crippen LogP contribution >= 0.6 is 0 Å². The third-order valence-corrected chi connectivity index (χ3v) is 5.70. The number of hydrogen-bond acceptors (Lipinski definition) is 2. The van der Waals surface area contributed by atoms with Crippen LogP contribution in [0.4, 0.5) is 0 Å². The Morgan fingerprint density at radius 1 is 0.913 bits per heavy atom. The van der Waals surface area contributed by atoms with Crippen molar-refractivity contribution >= 4 is 0 Å². The molecule has 0 bridgehead atoms. The van der Waals surface area contributed by atoms with E-state index in [0.717, 1.165) is 6.42 Å². The monoisotopic (exact) mass is 310 g/mol. The van der Waals surface area contributed by atoms with Crippen LogP contribution < -0.4 is 0 Å². The first-order valence-corrected chi connectivity index (χ1v) is 8.60. The Bertz CT molecular complexity index is 643. The zero-order valence-electron chi connectivity index (χ0n) is 14.0. The van der Waals surface area contributed by atoms with Crippen LogP contribution in [0.25, 0.3) is 0 Å². The van der Waals surface area contributed by atoms with Gasteiger partial charge in [0.25, 0.3) is 0 Å². The molecule has 0 saturated heterocycles. The molecule has 3 rings (SSSR count). The minimum Gasteiger partial charge on any atom is -0.508 e. The third kappa shape index (κ3) is 3.08. The van der Waals surface area contributed by atoms with E-state index < -0.39 is 0 Å². The van der Waals surface area contributed by atoms with Gasteiger partial charge in [-0.25, -0.2) is 0 Å². The van der Waals surface area contributed by atoms with Gasteiger partial charge in [0, 0.05) is 0 Å². The lowest BCUT2D eigenvalue weighted by Crippen LogP contribution is -2.37. The second-order valence-electron chi connectivity index (χ2n) is 7.24. The number of hydrogen-bond donors (Lipinski definition) is 2. The molecule has 122 valence electrons. The summed E-state index contributed by atoms with van der Waals surface area (Å²) in [5.41, 5.74) is 2.83. The Labute approximate surface area is 138 Å². The van der Waals surface area contributed by atoms with Crippen LogP contribution in [0.5, 0.6) is 11.5 Å². The van der Waals surface area contributed by atoms with Crippen LogP contribution in [0.3, 0.4) is 0 Å². The van der Waals surface area contributed by atoms with Crippen LogP contribution in [-0.2, 0) is 5.41 Å². The first-order valence-electron chi connectivity index (χ1n) is 8.60. The van der Waals surface area contributed by atoms with Gasteiger partial charge in [0.2, 0.25) is 0 Å². The molecule has 2 atom stereocenters. The van der Waals surface area contributed by atoms with Crippen LogP contribution in [0.1, 0.15) is 56.6 Å². The highest BCUT2D eigenvalue weighted by Gasteiger charge is 2.40. The molecule has 0 amide bonds. The van der Waals surface area contributed by atoms with E-state index in [4.69, 9.17) is 0 Å². The highest BCUT2D eigenvalue weighted by atomic mass is 16.3. The van der Waals surface area contributed by atoms with Gasteiger partial charge in [-0.05, 0) is 71.9 Å². The Morgan fingerprint density at radius 2 is 1.48 bits per heavy atom. The molecule has 2 unspecified atom stereocenters. The fraction of sp³-hybridized carbons (Fsp3) is 0.429. The van der Waals surface area contributed by atoms with Gasteiger partial charge in [-0.1, -0.05) is 44.5 Å². The second kappa shape index (κ2) is 6.27. The molecule has 23 heavy (non-hydrogen) atoms. The maximum Gasteiger partial charge on any atom is 0.115 e. The van der Waals surface area contributed by atoms with Crippen molar-refractivity contribution < 1.29 is 10.2 Å². The van der Waals surface area contributed by atoms with Gasteiger partial charge in [0.05, 0.1) is 0 Å². The van der Waals surface area contributed by atoms with Crippen molar-refractivity contribution in [3.05, 3.63) is 59.7 Å². The zero-order chi connectivity index (χ0) is 16.4. The zero-order valence-corrected chi connectivity index (χ0v) is 14.0. The molecule has 1 aliphatic carbocycles.